The highest BCUT2D eigenvalue weighted by Gasteiger charge is 2.43. The van der Waals surface area contributed by atoms with Crippen LogP contribution >= 0.6 is 7.60 Å². The molecular weight excluding hydrogens is 627 g/mol. The van der Waals surface area contributed by atoms with Gasteiger partial charge >= 0.3 is 25.6 Å². The van der Waals surface area contributed by atoms with Crippen molar-refractivity contribution in [2.45, 2.75) is 63.1 Å². The van der Waals surface area contributed by atoms with E-state index in [9.17, 15) is 33.7 Å². The quantitative estimate of drug-likeness (QED) is 0.106. The second kappa shape index (κ2) is 17.4. The number of hydrogen-bond donors (Lipinski definition) is 3. The van der Waals surface area contributed by atoms with E-state index in [2.05, 4.69) is 5.32 Å². The molecule has 1 heterocycles. The summed E-state index contributed by atoms with van der Waals surface area (Å²) in [7, 11) is -4.87. The average molecular weight is 667 g/mol. The van der Waals surface area contributed by atoms with Crippen molar-refractivity contribution in [1.82, 2.24) is 10.2 Å². The molecule has 0 bridgehead atoms. The van der Waals surface area contributed by atoms with Gasteiger partial charge in [-0.1, -0.05) is 78.9 Å². The van der Waals surface area contributed by atoms with Crippen molar-refractivity contribution in [3.63, 3.8) is 0 Å². The normalized spacial score (nSPS) is 16.8. The number of alkyl carbamates (subject to hydrolysis) is 1. The first-order valence-electron chi connectivity index (χ1n) is 15.4. The van der Waals surface area contributed by atoms with E-state index in [0.717, 1.165) is 10.5 Å². The van der Waals surface area contributed by atoms with Crippen LogP contribution in [0.15, 0.2) is 91.0 Å². The van der Waals surface area contributed by atoms with E-state index in [-0.39, 0.29) is 50.9 Å². The first-order valence-corrected chi connectivity index (χ1v) is 17.1. The van der Waals surface area contributed by atoms with Crippen molar-refractivity contribution in [2.24, 2.45) is 0 Å². The van der Waals surface area contributed by atoms with Gasteiger partial charge in [0.15, 0.2) is 0 Å². The van der Waals surface area contributed by atoms with Gasteiger partial charge in [0.25, 0.3) is 5.91 Å². The van der Waals surface area contributed by atoms with E-state index < -0.39 is 49.5 Å². The summed E-state index contributed by atoms with van der Waals surface area (Å²) in [5, 5.41) is 12.3. The zero-order valence-electron chi connectivity index (χ0n) is 25.8. The van der Waals surface area contributed by atoms with E-state index in [0.29, 0.717) is 18.4 Å². The van der Waals surface area contributed by atoms with Crippen LogP contribution in [0.2, 0.25) is 0 Å². The molecule has 3 aromatic rings. The summed E-state index contributed by atoms with van der Waals surface area (Å²) in [6.45, 7) is 0.442. The minimum Gasteiger partial charge on any atom is -0.480 e. The third-order valence-corrected chi connectivity index (χ3v) is 9.19. The van der Waals surface area contributed by atoms with E-state index in [1.165, 1.54) is 12.1 Å². The van der Waals surface area contributed by atoms with Crippen LogP contribution in [0.4, 0.5) is 4.79 Å². The number of nitrogens with zero attached hydrogens (tertiary/aromatic N) is 1. The van der Waals surface area contributed by atoms with Crippen molar-refractivity contribution in [1.29, 1.82) is 0 Å². The summed E-state index contributed by atoms with van der Waals surface area (Å²) in [5.41, 5.74) is 1.58. The molecule has 4 rings (SSSR count). The largest absolute Gasteiger partial charge is 0.480 e. The number of esters is 1. The fourth-order valence-electron chi connectivity index (χ4n) is 5.17. The van der Waals surface area contributed by atoms with Gasteiger partial charge in [0.05, 0.1) is 5.56 Å². The number of carbonyl (C=O) groups is 4. The molecule has 1 aliphatic heterocycles. The maximum absolute atomic E-state index is 13.9. The Morgan fingerprint density at radius 1 is 0.894 bits per heavy atom. The maximum atomic E-state index is 13.9. The van der Waals surface area contributed by atoms with E-state index >= 15 is 0 Å². The fourth-order valence-corrected chi connectivity index (χ4v) is 6.53. The van der Waals surface area contributed by atoms with Crippen molar-refractivity contribution in [2.75, 3.05) is 13.1 Å². The Bertz CT molecular complexity index is 1520. The minimum absolute atomic E-state index is 0.0579. The second-order valence-corrected chi connectivity index (χ2v) is 13.0. The zero-order chi connectivity index (χ0) is 33.6. The summed E-state index contributed by atoms with van der Waals surface area (Å²) in [6.07, 6.45) is -1.04. The van der Waals surface area contributed by atoms with Crippen LogP contribution in [0.5, 0.6) is 0 Å². The number of likely N-dealkylation sites (tertiary alicyclic amines) is 1. The number of carbonyl (C=O) groups excluding carboxylic acids is 3. The molecule has 0 saturated carbocycles. The SMILES string of the molecule is O=C(NCCCCC(OP(=O)(O)[C@@H](Cc1ccccc1)OC(=O)c1ccccc1)C(=O)N1CCC[C@H]1C(=O)O)OCc1ccccc1. The minimum atomic E-state index is -4.87. The maximum Gasteiger partial charge on any atom is 0.407 e. The van der Waals surface area contributed by atoms with Gasteiger partial charge < -0.3 is 29.7 Å². The molecule has 1 fully saturated rings. The number of carboxylic acid groups (broad SMARTS) is 1. The van der Waals surface area contributed by atoms with E-state index in [1.54, 1.807) is 48.5 Å². The van der Waals surface area contributed by atoms with Crippen LogP contribution in [0, 0.1) is 0 Å². The molecule has 0 spiro atoms. The predicted molar refractivity (Wildman–Crippen MR) is 171 cm³/mol. The first kappa shape index (κ1) is 35.3. The molecule has 1 saturated heterocycles. The molecule has 2 amide bonds. The van der Waals surface area contributed by atoms with Crippen LogP contribution in [0.1, 0.15) is 53.6 Å². The van der Waals surface area contributed by atoms with Crippen LogP contribution in [-0.4, -0.2) is 69.9 Å². The molecule has 4 atom stereocenters. The highest BCUT2D eigenvalue weighted by Crippen LogP contribution is 2.51. The van der Waals surface area contributed by atoms with Gasteiger partial charge in [-0.25, -0.2) is 14.4 Å². The molecule has 3 aromatic carbocycles. The second-order valence-electron chi connectivity index (χ2n) is 11.1. The number of rotatable bonds is 16. The van der Waals surface area contributed by atoms with Gasteiger partial charge in [-0.2, -0.15) is 0 Å². The molecule has 12 nitrogen and oxygen atoms in total. The lowest BCUT2D eigenvalue weighted by molar-refractivity contribution is -0.151. The number of benzene rings is 3. The monoisotopic (exact) mass is 666 g/mol. The molecule has 1 aliphatic rings. The number of hydrogen-bond acceptors (Lipinski definition) is 8. The lowest BCUT2D eigenvalue weighted by Crippen LogP contribution is -2.46. The van der Waals surface area contributed by atoms with Crippen LogP contribution < -0.4 is 5.32 Å². The van der Waals surface area contributed by atoms with E-state index in [4.69, 9.17) is 14.0 Å². The van der Waals surface area contributed by atoms with Crippen molar-refractivity contribution in [3.05, 3.63) is 108 Å². The average Bonchev–Trinajstić information content (AvgIpc) is 3.58. The van der Waals surface area contributed by atoms with Crippen LogP contribution in [0.25, 0.3) is 0 Å². The van der Waals surface area contributed by atoms with Crippen LogP contribution in [-0.2, 0) is 41.2 Å². The topological polar surface area (TPSA) is 169 Å². The van der Waals surface area contributed by atoms with Gasteiger partial charge in [-0.15, -0.1) is 0 Å². The van der Waals surface area contributed by atoms with E-state index in [1.807, 2.05) is 30.3 Å². The van der Waals surface area contributed by atoms with Crippen molar-refractivity contribution < 1.29 is 47.7 Å². The van der Waals surface area contributed by atoms with Crippen LogP contribution in [0.3, 0.4) is 0 Å². The number of amides is 2. The third kappa shape index (κ3) is 10.8. The Labute approximate surface area is 273 Å². The Hall–Kier alpha value is -4.51. The molecular formula is C34H39N2O10P. The zero-order valence-corrected chi connectivity index (χ0v) is 26.7. The molecule has 3 N–H and O–H groups in total. The Kier molecular flexibility index (Phi) is 13.1. The summed E-state index contributed by atoms with van der Waals surface area (Å²) >= 11 is 0. The predicted octanol–water partition coefficient (Wildman–Crippen LogP) is 5.16. The summed E-state index contributed by atoms with van der Waals surface area (Å²) in [4.78, 5) is 63.0. The standard InChI is InChI=1S/C34H39N2O10P/c37-31(36-22-12-19-28(36)32(38)39)29(20-10-11-21-35-34(41)44-24-26-15-6-2-7-16-26)46-47(42,43)30(23-25-13-4-1-5-14-25)45-33(40)27-17-8-3-9-18-27/h1-9,13-18,28-30H,10-12,19-24H2,(H,35,41)(H,38,39)(H,42,43)/t28-,29?,30-/m0/s1. The number of carboxylic acids is 1. The van der Waals surface area contributed by atoms with Gasteiger partial charge in [-0.05, 0) is 55.4 Å². The molecule has 0 aliphatic carbocycles. The summed E-state index contributed by atoms with van der Waals surface area (Å²) in [6, 6.07) is 24.7. The Balaban J connectivity index is 1.44. The highest BCUT2D eigenvalue weighted by atomic mass is 31.2. The lowest BCUT2D eigenvalue weighted by atomic mass is 10.1. The highest BCUT2D eigenvalue weighted by molar-refractivity contribution is 7.53. The van der Waals surface area contributed by atoms with Gasteiger partial charge in [-0.3, -0.25) is 13.9 Å². The first-order chi connectivity index (χ1) is 22.6. The molecule has 47 heavy (non-hydrogen) atoms. The molecule has 0 radical (unpaired) electrons. The lowest BCUT2D eigenvalue weighted by Gasteiger charge is -2.30. The van der Waals surface area contributed by atoms with Crippen molar-refractivity contribution in [3.8, 4) is 0 Å². The third-order valence-electron chi connectivity index (χ3n) is 7.62. The summed E-state index contributed by atoms with van der Waals surface area (Å²) in [5.74, 6) is -4.43. The number of ether oxygens (including phenoxy) is 2. The Morgan fingerprint density at radius 3 is 2.15 bits per heavy atom. The smallest absolute Gasteiger partial charge is 0.407 e. The molecule has 250 valence electrons. The number of unbranched alkanes of at least 4 members (excludes halogenated alkanes) is 1. The fraction of sp³-hybridized carbons (Fsp3) is 0.353. The Morgan fingerprint density at radius 2 is 1.51 bits per heavy atom. The van der Waals surface area contributed by atoms with Gasteiger partial charge in [0.2, 0.25) is 5.85 Å². The van der Waals surface area contributed by atoms with Gasteiger partial charge in [0.1, 0.15) is 18.8 Å². The number of nitrogens with one attached hydrogen (secondary N) is 1. The molecule has 0 aromatic heterocycles. The van der Waals surface area contributed by atoms with Crippen molar-refractivity contribution >= 4 is 31.5 Å². The number of aliphatic carboxylic acids is 1. The summed E-state index contributed by atoms with van der Waals surface area (Å²) < 4.78 is 30.3. The molecule has 2 unspecified atom stereocenters. The molecule has 13 heteroatoms. The van der Waals surface area contributed by atoms with Gasteiger partial charge in [0, 0.05) is 19.5 Å².